The molecular formula is C20H38O8. The number of hydrogen-bond donors (Lipinski definition) is 1. The number of ether oxygens (including phenoxy) is 5. The number of aliphatic carboxylic acids is 1. The highest BCUT2D eigenvalue weighted by molar-refractivity contribution is 5.69. The minimum atomic E-state index is -0.863. The summed E-state index contributed by atoms with van der Waals surface area (Å²) in [5.41, 5.74) is 0. The lowest BCUT2D eigenvalue weighted by Crippen LogP contribution is -2.28. The molecule has 0 aliphatic carbocycles. The van der Waals surface area contributed by atoms with Gasteiger partial charge in [0.2, 0.25) is 0 Å². The molecule has 0 saturated heterocycles. The van der Waals surface area contributed by atoms with Crippen molar-refractivity contribution in [1.82, 2.24) is 0 Å². The van der Waals surface area contributed by atoms with Gasteiger partial charge in [-0.2, -0.15) is 0 Å². The lowest BCUT2D eigenvalue weighted by atomic mass is 10.2. The van der Waals surface area contributed by atoms with Crippen molar-refractivity contribution in [2.75, 3.05) is 46.2 Å². The summed E-state index contributed by atoms with van der Waals surface area (Å²) in [6.07, 6.45) is 4.66. The summed E-state index contributed by atoms with van der Waals surface area (Å²) in [6.45, 7) is 7.19. The topological polar surface area (TPSA) is 101 Å². The molecule has 0 atom stereocenters. The minimum absolute atomic E-state index is 0.0122. The molecule has 0 spiro atoms. The van der Waals surface area contributed by atoms with Crippen molar-refractivity contribution < 1.29 is 38.4 Å². The zero-order valence-corrected chi connectivity index (χ0v) is 17.5. The molecule has 0 aromatic heterocycles. The van der Waals surface area contributed by atoms with Crippen LogP contribution in [0.5, 0.6) is 0 Å². The molecule has 0 amide bonds. The van der Waals surface area contributed by atoms with Gasteiger partial charge < -0.3 is 28.8 Å². The molecule has 0 aromatic rings. The first-order valence-corrected chi connectivity index (χ1v) is 10.4. The summed E-state index contributed by atoms with van der Waals surface area (Å²) in [7, 11) is 0. The van der Waals surface area contributed by atoms with Gasteiger partial charge in [-0.25, -0.2) is 0 Å². The van der Waals surface area contributed by atoms with Gasteiger partial charge in [0.1, 0.15) is 6.61 Å². The number of unbranched alkanes of at least 4 members (excludes halogenated alkanes) is 3. The van der Waals surface area contributed by atoms with E-state index in [-0.39, 0.29) is 25.4 Å². The van der Waals surface area contributed by atoms with Gasteiger partial charge in [-0.1, -0.05) is 26.7 Å². The molecule has 0 aliphatic heterocycles. The zero-order valence-electron chi connectivity index (χ0n) is 17.5. The van der Waals surface area contributed by atoms with Crippen LogP contribution in [0, 0.1) is 0 Å². The third-order valence-corrected chi connectivity index (χ3v) is 3.75. The summed E-state index contributed by atoms with van der Waals surface area (Å²) in [6, 6.07) is 0. The fourth-order valence-corrected chi connectivity index (χ4v) is 2.10. The monoisotopic (exact) mass is 406 g/mol. The van der Waals surface area contributed by atoms with E-state index in [0.717, 1.165) is 25.7 Å². The van der Waals surface area contributed by atoms with Gasteiger partial charge in [0.05, 0.1) is 26.4 Å². The molecule has 0 aromatic carbocycles. The number of carbonyl (C=O) groups is 2. The standard InChI is InChI=1S/C20H38O8/c1-3-5-11-24-13-15-26-20(27-16-14-25-12-6-4-2)17-28-19(23)10-8-7-9-18(21)22/h20H,3-17H2,1-2H3,(H,21,22). The molecule has 0 fully saturated rings. The van der Waals surface area contributed by atoms with Crippen molar-refractivity contribution >= 4 is 11.9 Å². The van der Waals surface area contributed by atoms with Gasteiger partial charge in [0.15, 0.2) is 6.29 Å². The van der Waals surface area contributed by atoms with Crippen molar-refractivity contribution in [2.24, 2.45) is 0 Å². The van der Waals surface area contributed by atoms with Crippen LogP contribution in [-0.4, -0.2) is 69.6 Å². The molecule has 0 rings (SSSR count). The van der Waals surface area contributed by atoms with E-state index in [2.05, 4.69) is 13.8 Å². The van der Waals surface area contributed by atoms with Crippen LogP contribution >= 0.6 is 0 Å². The van der Waals surface area contributed by atoms with Crippen LogP contribution in [0.4, 0.5) is 0 Å². The molecule has 0 heterocycles. The summed E-state index contributed by atoms with van der Waals surface area (Å²) >= 11 is 0. The second kappa shape index (κ2) is 20.5. The Morgan fingerprint density at radius 1 is 0.750 bits per heavy atom. The first kappa shape index (κ1) is 26.8. The van der Waals surface area contributed by atoms with Crippen LogP contribution in [0.25, 0.3) is 0 Å². The maximum Gasteiger partial charge on any atom is 0.305 e. The Morgan fingerprint density at radius 2 is 1.29 bits per heavy atom. The number of carboxylic acid groups (broad SMARTS) is 1. The molecule has 0 bridgehead atoms. The number of esters is 1. The Morgan fingerprint density at radius 3 is 1.79 bits per heavy atom. The summed E-state index contributed by atoms with van der Waals surface area (Å²) < 4.78 is 27.3. The van der Waals surface area contributed by atoms with Crippen LogP contribution in [0.1, 0.15) is 65.2 Å². The molecule has 0 saturated carbocycles. The van der Waals surface area contributed by atoms with Gasteiger partial charge in [0, 0.05) is 26.1 Å². The third-order valence-electron chi connectivity index (χ3n) is 3.75. The van der Waals surface area contributed by atoms with Gasteiger partial charge >= 0.3 is 11.9 Å². The third kappa shape index (κ3) is 19.5. The normalized spacial score (nSPS) is 11.1. The Kier molecular flexibility index (Phi) is 19.6. The Labute approximate surface area is 168 Å². The number of rotatable bonds is 21. The molecular weight excluding hydrogens is 368 g/mol. The van der Waals surface area contributed by atoms with Crippen molar-refractivity contribution in [1.29, 1.82) is 0 Å². The quantitative estimate of drug-likeness (QED) is 0.176. The van der Waals surface area contributed by atoms with Crippen LogP contribution in [0.15, 0.2) is 0 Å². The molecule has 0 aliphatic rings. The highest BCUT2D eigenvalue weighted by Crippen LogP contribution is 2.04. The molecule has 8 nitrogen and oxygen atoms in total. The highest BCUT2D eigenvalue weighted by atomic mass is 16.7. The van der Waals surface area contributed by atoms with Crippen LogP contribution < -0.4 is 0 Å². The largest absolute Gasteiger partial charge is 0.481 e. The van der Waals surface area contributed by atoms with Crippen molar-refractivity contribution in [3.63, 3.8) is 0 Å². The molecule has 0 radical (unpaired) electrons. The van der Waals surface area contributed by atoms with Gasteiger partial charge in [0.25, 0.3) is 0 Å². The first-order chi connectivity index (χ1) is 13.6. The number of carboxylic acids is 1. The van der Waals surface area contributed by atoms with E-state index in [1.54, 1.807) is 0 Å². The van der Waals surface area contributed by atoms with E-state index in [9.17, 15) is 9.59 Å². The maximum absolute atomic E-state index is 11.8. The van der Waals surface area contributed by atoms with Crippen molar-refractivity contribution in [2.45, 2.75) is 71.5 Å². The van der Waals surface area contributed by atoms with Gasteiger partial charge in [-0.05, 0) is 25.7 Å². The van der Waals surface area contributed by atoms with E-state index in [4.69, 9.17) is 28.8 Å². The van der Waals surface area contributed by atoms with Crippen LogP contribution in [-0.2, 0) is 33.3 Å². The van der Waals surface area contributed by atoms with Gasteiger partial charge in [-0.15, -0.1) is 0 Å². The molecule has 28 heavy (non-hydrogen) atoms. The van der Waals surface area contributed by atoms with E-state index in [1.807, 2.05) is 0 Å². The van der Waals surface area contributed by atoms with Gasteiger partial charge in [-0.3, -0.25) is 9.59 Å². The predicted octanol–water partition coefficient (Wildman–Crippen LogP) is 3.17. The zero-order chi connectivity index (χ0) is 20.9. The Balaban J connectivity index is 4.01. The summed E-state index contributed by atoms with van der Waals surface area (Å²) in [5, 5.41) is 8.59. The second-order valence-corrected chi connectivity index (χ2v) is 6.39. The number of carbonyl (C=O) groups excluding carboxylic acids is 1. The lowest BCUT2D eigenvalue weighted by Gasteiger charge is -2.19. The van der Waals surface area contributed by atoms with Crippen molar-refractivity contribution in [3.8, 4) is 0 Å². The maximum atomic E-state index is 11.8. The Bertz CT molecular complexity index is 359. The molecule has 166 valence electrons. The van der Waals surface area contributed by atoms with E-state index in [0.29, 0.717) is 52.5 Å². The van der Waals surface area contributed by atoms with E-state index < -0.39 is 12.3 Å². The Hall–Kier alpha value is -1.22. The van der Waals surface area contributed by atoms with Crippen molar-refractivity contribution in [3.05, 3.63) is 0 Å². The minimum Gasteiger partial charge on any atom is -0.481 e. The SMILES string of the molecule is CCCCOCCOC(COC(=O)CCCCC(=O)O)OCCOCCCC. The van der Waals surface area contributed by atoms with Crippen LogP contribution in [0.2, 0.25) is 0 Å². The highest BCUT2D eigenvalue weighted by Gasteiger charge is 2.13. The average molecular weight is 407 g/mol. The van der Waals surface area contributed by atoms with E-state index >= 15 is 0 Å². The van der Waals surface area contributed by atoms with E-state index in [1.165, 1.54) is 0 Å². The number of hydrogen-bond acceptors (Lipinski definition) is 7. The fraction of sp³-hybridized carbons (Fsp3) is 0.900. The molecule has 1 N–H and O–H groups in total. The second-order valence-electron chi connectivity index (χ2n) is 6.39. The van der Waals surface area contributed by atoms with Crippen LogP contribution in [0.3, 0.4) is 0 Å². The fourth-order valence-electron chi connectivity index (χ4n) is 2.10. The predicted molar refractivity (Wildman–Crippen MR) is 104 cm³/mol. The molecule has 8 heteroatoms. The lowest BCUT2D eigenvalue weighted by molar-refractivity contribution is -0.190. The molecule has 0 unspecified atom stereocenters. The average Bonchev–Trinajstić information content (AvgIpc) is 2.67. The first-order valence-electron chi connectivity index (χ1n) is 10.4. The summed E-state index contributed by atoms with van der Waals surface area (Å²) in [5.74, 6) is -1.25. The smallest absolute Gasteiger partial charge is 0.305 e. The summed E-state index contributed by atoms with van der Waals surface area (Å²) in [4.78, 5) is 22.2.